The Hall–Kier alpha value is -2.72. The molecule has 0 saturated heterocycles. The van der Waals surface area contributed by atoms with E-state index < -0.39 is 76.8 Å². The second-order valence-corrected chi connectivity index (χ2v) is 8.41. The van der Waals surface area contributed by atoms with Gasteiger partial charge in [0.15, 0.2) is 0 Å². The average molecular weight is 540 g/mol. The van der Waals surface area contributed by atoms with Gasteiger partial charge in [0.05, 0.1) is 6.61 Å². The number of halogens is 7. The van der Waals surface area contributed by atoms with Crippen molar-refractivity contribution in [2.24, 2.45) is 0 Å². The zero-order valence-electron chi connectivity index (χ0n) is 17.8. The van der Waals surface area contributed by atoms with Crippen LogP contribution in [0.4, 0.5) is 30.7 Å². The molecule has 0 spiro atoms. The van der Waals surface area contributed by atoms with E-state index in [9.17, 15) is 48.7 Å². The third-order valence-corrected chi connectivity index (χ3v) is 5.17. The molecule has 0 radical (unpaired) electrons. The lowest BCUT2D eigenvalue weighted by molar-refractivity contribution is -0.352. The van der Waals surface area contributed by atoms with Crippen molar-refractivity contribution >= 4 is 22.1 Å². The quantitative estimate of drug-likeness (QED) is 0.0798. The maximum Gasteiger partial charge on any atom is 0.468 e. The van der Waals surface area contributed by atoms with Crippen molar-refractivity contribution in [3.05, 3.63) is 42.5 Å². The van der Waals surface area contributed by atoms with Crippen LogP contribution >= 0.6 is 0 Å². The van der Waals surface area contributed by atoms with Crippen molar-refractivity contribution in [3.8, 4) is 5.75 Å². The largest absolute Gasteiger partial charge is 0.468 e. The summed E-state index contributed by atoms with van der Waals surface area (Å²) < 4.78 is 137. The first kappa shape index (κ1) is 30.3. The molecule has 0 amide bonds. The smallest absolute Gasteiger partial charge is 0.421 e. The van der Waals surface area contributed by atoms with Crippen LogP contribution in [0.25, 0.3) is 0 Å². The van der Waals surface area contributed by atoms with Gasteiger partial charge in [0.2, 0.25) is 0 Å². The summed E-state index contributed by atoms with van der Waals surface area (Å²) in [4.78, 5) is 23.9. The van der Waals surface area contributed by atoms with E-state index in [1.54, 1.807) is 6.92 Å². The molecule has 1 aromatic rings. The highest BCUT2D eigenvalue weighted by Gasteiger charge is 2.68. The van der Waals surface area contributed by atoms with Gasteiger partial charge in [-0.25, -0.2) is 9.59 Å². The van der Waals surface area contributed by atoms with E-state index in [4.69, 9.17) is 4.55 Å². The summed E-state index contributed by atoms with van der Waals surface area (Å²) in [6, 6.07) is 4.97. The molecule has 0 bridgehead atoms. The van der Waals surface area contributed by atoms with Crippen LogP contribution in [-0.4, -0.2) is 54.7 Å². The van der Waals surface area contributed by atoms with E-state index in [0.29, 0.717) is 5.56 Å². The molecule has 1 N–H and O–H groups in total. The van der Waals surface area contributed by atoms with Crippen LogP contribution in [0.2, 0.25) is 0 Å². The van der Waals surface area contributed by atoms with Crippen LogP contribution in [0.1, 0.15) is 24.8 Å². The Bertz CT molecular complexity index is 1020. The fourth-order valence-electron chi connectivity index (χ4n) is 2.35. The number of rotatable bonds is 12. The summed E-state index contributed by atoms with van der Waals surface area (Å²) in [5.74, 6) is -14.1. The number of aryl methyl sites for hydroxylation is 1. The zero-order chi connectivity index (χ0) is 27.3. The predicted molar refractivity (Wildman–Crippen MR) is 103 cm³/mol. The second kappa shape index (κ2) is 10.9. The first-order chi connectivity index (χ1) is 15.8. The summed E-state index contributed by atoms with van der Waals surface area (Å²) in [5.41, 5.74) is 0.651. The van der Waals surface area contributed by atoms with Crippen LogP contribution < -0.4 is 4.74 Å². The lowest BCUT2D eigenvalue weighted by atomic mass is 10.1. The van der Waals surface area contributed by atoms with Gasteiger partial charge in [-0.15, -0.1) is 0 Å². The molecule has 198 valence electrons. The van der Waals surface area contributed by atoms with E-state index in [1.807, 2.05) is 0 Å². The van der Waals surface area contributed by atoms with Gasteiger partial charge in [-0.05, 0) is 31.9 Å². The monoisotopic (exact) mass is 540 g/mol. The number of unbranched alkanes of at least 4 members (excludes halogenated alkanes) is 1. The van der Waals surface area contributed by atoms with Gasteiger partial charge < -0.3 is 14.2 Å². The van der Waals surface area contributed by atoms with E-state index >= 15 is 0 Å². The highest BCUT2D eigenvalue weighted by molar-refractivity contribution is 7.87. The maximum atomic E-state index is 13.8. The molecule has 0 aliphatic carbocycles. The average Bonchev–Trinajstić information content (AvgIpc) is 2.72. The van der Waals surface area contributed by atoms with E-state index in [2.05, 4.69) is 20.8 Å². The summed E-state index contributed by atoms with van der Waals surface area (Å²) >= 11 is 0. The molecule has 35 heavy (non-hydrogen) atoms. The normalized spacial score (nSPS) is 14.7. The Morgan fingerprint density at radius 2 is 1.57 bits per heavy atom. The number of carbonyl (C=O) groups is 2. The Morgan fingerprint density at radius 1 is 1.03 bits per heavy atom. The fraction of sp³-hybridized carbons (Fsp3) is 0.474. The fourth-order valence-corrected chi connectivity index (χ4v) is 2.83. The minimum Gasteiger partial charge on any atom is -0.421 e. The summed E-state index contributed by atoms with van der Waals surface area (Å²) in [5, 5.41) is -5.87. The van der Waals surface area contributed by atoms with Crippen LogP contribution in [0, 0.1) is 6.92 Å². The second-order valence-electron chi connectivity index (χ2n) is 6.94. The topological polar surface area (TPSA) is 116 Å². The van der Waals surface area contributed by atoms with Crippen LogP contribution in [0.5, 0.6) is 5.75 Å². The Labute approximate surface area is 194 Å². The Morgan fingerprint density at radius 3 is 2.03 bits per heavy atom. The number of ether oxygens (including phenoxy) is 3. The molecule has 0 fully saturated rings. The predicted octanol–water partition coefficient (Wildman–Crippen LogP) is 4.19. The lowest BCUT2D eigenvalue weighted by Crippen LogP contribution is -2.59. The standard InChI is InChI=1S/C19H19F7O8S/c1-3-14(27)34-17(18(22,23)24,15(28)33-13-8-6-12(2)7-9-13)32-11-5-4-10-16(20,21)19(25,26)35(29,30)31/h3,6-9H,1,4-5,10-11H2,2H3,(H,29,30,31). The molecule has 0 saturated carbocycles. The van der Waals surface area contributed by atoms with Gasteiger partial charge >= 0.3 is 45.2 Å². The van der Waals surface area contributed by atoms with Crippen molar-refractivity contribution in [2.75, 3.05) is 6.61 Å². The molecule has 1 unspecified atom stereocenters. The van der Waals surface area contributed by atoms with Crippen LogP contribution in [0.15, 0.2) is 36.9 Å². The van der Waals surface area contributed by atoms with Crippen LogP contribution in [-0.2, 0) is 29.2 Å². The maximum absolute atomic E-state index is 13.8. The highest BCUT2D eigenvalue weighted by Crippen LogP contribution is 2.42. The first-order valence-electron chi connectivity index (χ1n) is 9.38. The van der Waals surface area contributed by atoms with Crippen molar-refractivity contribution in [3.63, 3.8) is 0 Å². The number of alkyl halides is 7. The molecule has 1 aromatic carbocycles. The molecule has 1 rings (SSSR count). The zero-order valence-corrected chi connectivity index (χ0v) is 18.6. The Kier molecular flexibility index (Phi) is 9.45. The van der Waals surface area contributed by atoms with E-state index in [-0.39, 0.29) is 6.08 Å². The highest BCUT2D eigenvalue weighted by atomic mass is 32.2. The molecular formula is C19H19F7O8S. The molecule has 0 heterocycles. The summed E-state index contributed by atoms with van der Waals surface area (Å²) in [6.45, 7) is 3.24. The third kappa shape index (κ3) is 7.14. The van der Waals surface area contributed by atoms with Gasteiger partial charge in [-0.2, -0.15) is 39.2 Å². The molecule has 1 atom stereocenters. The van der Waals surface area contributed by atoms with E-state index in [1.165, 1.54) is 12.1 Å². The van der Waals surface area contributed by atoms with Gasteiger partial charge in [-0.1, -0.05) is 24.3 Å². The minimum absolute atomic E-state index is 0.265. The number of benzene rings is 1. The van der Waals surface area contributed by atoms with Gasteiger partial charge in [0.25, 0.3) is 0 Å². The lowest BCUT2D eigenvalue weighted by Gasteiger charge is -2.32. The molecule has 0 aromatic heterocycles. The molecular weight excluding hydrogens is 521 g/mol. The third-order valence-electron chi connectivity index (χ3n) is 4.22. The van der Waals surface area contributed by atoms with Crippen molar-refractivity contribution < 1.29 is 67.5 Å². The SMILES string of the molecule is C=CC(=O)OC(OCCCCC(F)(F)C(F)(F)S(=O)(=O)O)(C(=O)Oc1ccc(C)cc1)C(F)(F)F. The first-order valence-corrected chi connectivity index (χ1v) is 10.8. The summed E-state index contributed by atoms with van der Waals surface area (Å²) in [6.07, 6.45) is -9.34. The van der Waals surface area contributed by atoms with E-state index in [0.717, 1.165) is 12.1 Å². The van der Waals surface area contributed by atoms with Crippen LogP contribution in [0.3, 0.4) is 0 Å². The van der Waals surface area contributed by atoms with Crippen molar-refractivity contribution in [2.45, 2.75) is 49.3 Å². The summed E-state index contributed by atoms with van der Waals surface area (Å²) in [7, 11) is -6.50. The number of hydrogen-bond acceptors (Lipinski definition) is 7. The van der Waals surface area contributed by atoms with Gasteiger partial charge in [0, 0.05) is 12.5 Å². The Balaban J connectivity index is 3.06. The van der Waals surface area contributed by atoms with Gasteiger partial charge in [0.1, 0.15) is 5.75 Å². The molecule has 16 heteroatoms. The van der Waals surface area contributed by atoms with Gasteiger partial charge in [-0.3, -0.25) is 4.55 Å². The van der Waals surface area contributed by atoms with Crippen molar-refractivity contribution in [1.29, 1.82) is 0 Å². The minimum atomic E-state index is -6.50. The number of esters is 2. The molecule has 8 nitrogen and oxygen atoms in total. The number of carbonyl (C=O) groups excluding carboxylic acids is 2. The van der Waals surface area contributed by atoms with Crippen molar-refractivity contribution in [1.82, 2.24) is 0 Å². The molecule has 0 aliphatic rings. The molecule has 0 aliphatic heterocycles. The number of hydrogen-bond donors (Lipinski definition) is 1.